The first kappa shape index (κ1) is 15.9. The molecule has 23 heavy (non-hydrogen) atoms. The summed E-state index contributed by atoms with van der Waals surface area (Å²) in [6.07, 6.45) is 5.34. The Morgan fingerprint density at radius 3 is 3.00 bits per heavy atom. The lowest BCUT2D eigenvalue weighted by Gasteiger charge is -2.37. The molecule has 0 aromatic carbocycles. The van der Waals surface area contributed by atoms with E-state index in [2.05, 4.69) is 29.2 Å². The van der Waals surface area contributed by atoms with Crippen LogP contribution in [0.1, 0.15) is 19.4 Å². The van der Waals surface area contributed by atoms with E-state index in [1.54, 1.807) is 17.1 Å². The number of rotatable bonds is 3. The van der Waals surface area contributed by atoms with E-state index < -0.39 is 0 Å². The third kappa shape index (κ3) is 3.67. The van der Waals surface area contributed by atoms with Crippen LogP contribution in [0, 0.1) is 0 Å². The van der Waals surface area contributed by atoms with Gasteiger partial charge in [0.2, 0.25) is 0 Å². The summed E-state index contributed by atoms with van der Waals surface area (Å²) in [7, 11) is 0. The van der Waals surface area contributed by atoms with E-state index in [0.29, 0.717) is 11.8 Å². The first-order valence-electron chi connectivity index (χ1n) is 7.76. The molecule has 0 unspecified atom stereocenters. The van der Waals surface area contributed by atoms with E-state index >= 15 is 0 Å². The molecule has 1 aliphatic heterocycles. The smallest absolute Gasteiger partial charge is 0.317 e. The highest BCUT2D eigenvalue weighted by atomic mass is 32.2. The molecule has 2 aromatic rings. The predicted octanol–water partition coefficient (Wildman–Crippen LogP) is 2.30. The summed E-state index contributed by atoms with van der Waals surface area (Å²) >= 11 is 1.92. The Morgan fingerprint density at radius 2 is 2.30 bits per heavy atom. The van der Waals surface area contributed by atoms with Gasteiger partial charge in [0, 0.05) is 48.7 Å². The number of aromatic nitrogens is 3. The van der Waals surface area contributed by atoms with E-state index in [9.17, 15) is 4.79 Å². The quantitative estimate of drug-likeness (QED) is 0.937. The number of thioether (sulfide) groups is 1. The fraction of sp³-hybridized carbons (Fsp3) is 0.438. The van der Waals surface area contributed by atoms with Crippen molar-refractivity contribution in [1.82, 2.24) is 25.0 Å². The fourth-order valence-electron chi connectivity index (χ4n) is 2.56. The Hall–Kier alpha value is -2.02. The molecule has 0 aliphatic carbocycles. The van der Waals surface area contributed by atoms with Crippen molar-refractivity contribution in [3.05, 3.63) is 42.4 Å². The number of carbonyl (C=O) groups excluding carboxylic acids is 1. The van der Waals surface area contributed by atoms with Gasteiger partial charge in [0.15, 0.2) is 5.82 Å². The van der Waals surface area contributed by atoms with Gasteiger partial charge in [-0.1, -0.05) is 13.0 Å². The Kier molecular flexibility index (Phi) is 4.85. The molecule has 0 bridgehead atoms. The molecule has 1 saturated heterocycles. The monoisotopic (exact) mass is 331 g/mol. The summed E-state index contributed by atoms with van der Waals surface area (Å²) in [6.45, 7) is 5.57. The number of nitrogens with one attached hydrogen (secondary N) is 1. The van der Waals surface area contributed by atoms with E-state index in [4.69, 9.17) is 0 Å². The van der Waals surface area contributed by atoms with Crippen molar-refractivity contribution in [1.29, 1.82) is 0 Å². The molecule has 1 N–H and O–H groups in total. The summed E-state index contributed by atoms with van der Waals surface area (Å²) in [5.41, 5.74) is 0.973. The highest BCUT2D eigenvalue weighted by Gasteiger charge is 2.28. The van der Waals surface area contributed by atoms with Crippen LogP contribution in [0.25, 0.3) is 5.82 Å². The SMILES string of the molecule is C[C@@H]1[C@@H](C)SCCN1C(=O)NCc1ccc(-n2cccn2)nc1. The second-order valence-corrected chi connectivity index (χ2v) is 7.13. The average molecular weight is 331 g/mol. The van der Waals surface area contributed by atoms with Crippen molar-refractivity contribution in [2.45, 2.75) is 31.7 Å². The van der Waals surface area contributed by atoms with Crippen molar-refractivity contribution < 1.29 is 4.79 Å². The third-order valence-electron chi connectivity index (χ3n) is 4.14. The minimum Gasteiger partial charge on any atom is -0.334 e. The van der Waals surface area contributed by atoms with Gasteiger partial charge in [-0.15, -0.1) is 0 Å². The van der Waals surface area contributed by atoms with E-state index in [0.717, 1.165) is 23.7 Å². The first-order chi connectivity index (χ1) is 11.1. The van der Waals surface area contributed by atoms with Crippen molar-refractivity contribution in [3.8, 4) is 5.82 Å². The molecular formula is C16H21N5OS. The lowest BCUT2D eigenvalue weighted by molar-refractivity contribution is 0.180. The van der Waals surface area contributed by atoms with Crippen LogP contribution >= 0.6 is 11.8 Å². The van der Waals surface area contributed by atoms with Gasteiger partial charge in [-0.3, -0.25) is 0 Å². The Bertz CT molecular complexity index is 643. The van der Waals surface area contributed by atoms with E-state index in [-0.39, 0.29) is 12.1 Å². The van der Waals surface area contributed by atoms with Gasteiger partial charge in [-0.2, -0.15) is 16.9 Å². The predicted molar refractivity (Wildman–Crippen MR) is 91.7 cm³/mol. The normalized spacial score (nSPS) is 21.2. The van der Waals surface area contributed by atoms with Crippen molar-refractivity contribution in [2.24, 2.45) is 0 Å². The molecule has 6 nitrogen and oxygen atoms in total. The zero-order chi connectivity index (χ0) is 16.2. The summed E-state index contributed by atoms with van der Waals surface area (Å²) in [5.74, 6) is 1.76. The van der Waals surface area contributed by atoms with Gasteiger partial charge in [0.1, 0.15) is 0 Å². The number of pyridine rings is 1. The van der Waals surface area contributed by atoms with Crippen molar-refractivity contribution >= 4 is 17.8 Å². The molecule has 2 aromatic heterocycles. The number of amides is 2. The Labute approximate surface area is 140 Å². The molecule has 7 heteroatoms. The second-order valence-electron chi connectivity index (χ2n) is 5.64. The molecule has 2 amide bonds. The highest BCUT2D eigenvalue weighted by Crippen LogP contribution is 2.24. The number of hydrogen-bond donors (Lipinski definition) is 1. The third-order valence-corrected chi connectivity index (χ3v) is 5.47. The molecule has 3 heterocycles. The average Bonchev–Trinajstić information content (AvgIpc) is 3.10. The van der Waals surface area contributed by atoms with Gasteiger partial charge < -0.3 is 10.2 Å². The molecule has 1 fully saturated rings. The van der Waals surface area contributed by atoms with Crippen LogP contribution < -0.4 is 5.32 Å². The van der Waals surface area contributed by atoms with Gasteiger partial charge in [0.05, 0.1) is 0 Å². The van der Waals surface area contributed by atoms with Crippen LogP contribution in [0.15, 0.2) is 36.8 Å². The zero-order valence-corrected chi connectivity index (χ0v) is 14.2. The number of urea groups is 1. The maximum atomic E-state index is 12.4. The summed E-state index contributed by atoms with van der Waals surface area (Å²) < 4.78 is 1.71. The van der Waals surface area contributed by atoms with Crippen LogP contribution in [0.4, 0.5) is 4.79 Å². The van der Waals surface area contributed by atoms with Crippen LogP contribution in [-0.2, 0) is 6.54 Å². The zero-order valence-electron chi connectivity index (χ0n) is 13.3. The van der Waals surface area contributed by atoms with Crippen LogP contribution in [0.5, 0.6) is 0 Å². The number of hydrogen-bond acceptors (Lipinski definition) is 4. The standard InChI is InChI=1S/C16H21N5OS/c1-12-13(2)23-9-8-20(12)16(22)18-11-14-4-5-15(17-10-14)21-7-3-6-19-21/h3-7,10,12-13H,8-9,11H2,1-2H3,(H,18,22)/t12-,13-/m1/s1. The van der Waals surface area contributed by atoms with Crippen LogP contribution in [-0.4, -0.2) is 49.3 Å². The fourth-order valence-corrected chi connectivity index (χ4v) is 3.66. The highest BCUT2D eigenvalue weighted by molar-refractivity contribution is 8.00. The minimum atomic E-state index is 0.000743. The lowest BCUT2D eigenvalue weighted by Crippen LogP contribution is -2.51. The summed E-state index contributed by atoms with van der Waals surface area (Å²) in [4.78, 5) is 18.6. The Morgan fingerprint density at radius 1 is 1.43 bits per heavy atom. The molecule has 0 radical (unpaired) electrons. The number of carbonyl (C=O) groups is 1. The van der Waals surface area contributed by atoms with Gasteiger partial charge in [-0.05, 0) is 24.6 Å². The van der Waals surface area contributed by atoms with Crippen molar-refractivity contribution in [2.75, 3.05) is 12.3 Å². The molecule has 122 valence electrons. The summed E-state index contributed by atoms with van der Waals surface area (Å²) in [5, 5.41) is 7.61. The molecule has 3 rings (SSSR count). The largest absolute Gasteiger partial charge is 0.334 e. The van der Waals surface area contributed by atoms with Crippen molar-refractivity contribution in [3.63, 3.8) is 0 Å². The molecule has 2 atom stereocenters. The van der Waals surface area contributed by atoms with Crippen LogP contribution in [0.2, 0.25) is 0 Å². The van der Waals surface area contributed by atoms with E-state index in [1.807, 2.05) is 41.1 Å². The second kappa shape index (κ2) is 7.04. The lowest BCUT2D eigenvalue weighted by atomic mass is 10.2. The molecule has 1 aliphatic rings. The topological polar surface area (TPSA) is 63.1 Å². The maximum absolute atomic E-state index is 12.4. The minimum absolute atomic E-state index is 0.000743. The number of nitrogens with zero attached hydrogens (tertiary/aromatic N) is 4. The maximum Gasteiger partial charge on any atom is 0.317 e. The van der Waals surface area contributed by atoms with Crippen LogP contribution in [0.3, 0.4) is 0 Å². The summed E-state index contributed by atoms with van der Waals surface area (Å²) in [6, 6.07) is 5.98. The Balaban J connectivity index is 1.56. The van der Waals surface area contributed by atoms with E-state index in [1.165, 1.54) is 0 Å². The van der Waals surface area contributed by atoms with Gasteiger partial charge in [-0.25, -0.2) is 14.5 Å². The molecule has 0 spiro atoms. The van der Waals surface area contributed by atoms with Gasteiger partial charge >= 0.3 is 6.03 Å². The first-order valence-corrected chi connectivity index (χ1v) is 8.81. The van der Waals surface area contributed by atoms with Gasteiger partial charge in [0.25, 0.3) is 0 Å². The molecule has 0 saturated carbocycles. The molecular weight excluding hydrogens is 310 g/mol.